The molecule has 0 spiro atoms. The molecule has 1 saturated carbocycles. The molecule has 0 bridgehead atoms. The van der Waals surface area contributed by atoms with Gasteiger partial charge in [-0.1, -0.05) is 30.3 Å². The first-order chi connectivity index (χ1) is 13.4. The molecule has 2 aliphatic rings. The molecule has 1 heterocycles. The molecule has 2 aromatic carbocycles. The van der Waals surface area contributed by atoms with Gasteiger partial charge in [0.2, 0.25) is 0 Å². The Hall–Kier alpha value is -2.37. The second-order valence-corrected chi connectivity index (χ2v) is 8.43. The number of benzene rings is 2. The Kier molecular flexibility index (Phi) is 4.89. The molecule has 1 aliphatic heterocycles. The van der Waals surface area contributed by atoms with Crippen molar-refractivity contribution in [1.29, 1.82) is 0 Å². The Balaban J connectivity index is 1.64. The summed E-state index contributed by atoms with van der Waals surface area (Å²) in [5, 5.41) is 24.9. The Bertz CT molecular complexity index is 856. The zero-order valence-electron chi connectivity index (χ0n) is 16.3. The van der Waals surface area contributed by atoms with Crippen molar-refractivity contribution in [3.63, 3.8) is 0 Å². The smallest absolute Gasteiger partial charge is 0.251 e. The third-order valence-corrected chi connectivity index (χ3v) is 6.61. The molecule has 1 saturated heterocycles. The highest BCUT2D eigenvalue weighted by Crippen LogP contribution is 2.51. The van der Waals surface area contributed by atoms with Crippen molar-refractivity contribution < 1.29 is 15.0 Å². The lowest BCUT2D eigenvalue weighted by Gasteiger charge is -2.57. The van der Waals surface area contributed by atoms with Gasteiger partial charge >= 0.3 is 0 Å². The summed E-state index contributed by atoms with van der Waals surface area (Å²) in [6.45, 7) is 1.47. The number of phenolic OH excluding ortho intramolecular Hbond substituents is 1. The molecular formula is C23H28N2O3. The summed E-state index contributed by atoms with van der Waals surface area (Å²) in [7, 11) is 2.04. The molecule has 0 radical (unpaired) electrons. The highest BCUT2D eigenvalue weighted by Gasteiger charge is 2.57. The average Bonchev–Trinajstić information content (AvgIpc) is 2.69. The number of β-amino-alcohol motifs (C(OH)–C–C–N with tert-alkyl or cyclic N) is 1. The number of nitrogens with zero attached hydrogens (tertiary/aromatic N) is 1. The van der Waals surface area contributed by atoms with E-state index in [2.05, 4.69) is 10.2 Å². The van der Waals surface area contributed by atoms with Gasteiger partial charge < -0.3 is 20.4 Å². The van der Waals surface area contributed by atoms with Gasteiger partial charge in [-0.3, -0.25) is 4.79 Å². The van der Waals surface area contributed by atoms with Crippen LogP contribution in [0.3, 0.4) is 0 Å². The molecule has 5 heteroatoms. The Labute approximate surface area is 166 Å². The number of likely N-dealkylation sites (tertiary alicyclic amines) is 1. The second-order valence-electron chi connectivity index (χ2n) is 8.43. The molecule has 2 fully saturated rings. The molecule has 1 aliphatic carbocycles. The predicted molar refractivity (Wildman–Crippen MR) is 108 cm³/mol. The van der Waals surface area contributed by atoms with Gasteiger partial charge in [-0.05, 0) is 69.1 Å². The van der Waals surface area contributed by atoms with Crippen molar-refractivity contribution >= 4 is 5.91 Å². The summed E-state index contributed by atoms with van der Waals surface area (Å²) in [4.78, 5) is 14.8. The number of aliphatic hydroxyl groups is 1. The minimum Gasteiger partial charge on any atom is -0.508 e. The fraction of sp³-hybridized carbons (Fsp3) is 0.435. The van der Waals surface area contributed by atoms with E-state index in [-0.39, 0.29) is 17.7 Å². The molecule has 1 amide bonds. The van der Waals surface area contributed by atoms with Crippen molar-refractivity contribution in [3.8, 4) is 5.75 Å². The first-order valence-corrected chi connectivity index (χ1v) is 9.98. The number of amides is 1. The number of rotatable bonds is 3. The van der Waals surface area contributed by atoms with Crippen LogP contribution in [0.1, 0.15) is 41.6 Å². The topological polar surface area (TPSA) is 72.8 Å². The number of fused-ring (bicyclic) bond motifs is 1. The first kappa shape index (κ1) is 19.0. The van der Waals surface area contributed by atoms with Crippen LogP contribution in [0, 0.1) is 0 Å². The molecule has 3 N–H and O–H groups in total. The molecule has 2 unspecified atom stereocenters. The number of piperidine rings is 1. The number of likely N-dealkylation sites (N-methyl/N-ethyl adjacent to an activating group) is 1. The van der Waals surface area contributed by atoms with E-state index in [9.17, 15) is 15.0 Å². The van der Waals surface area contributed by atoms with E-state index < -0.39 is 11.0 Å². The molecule has 2 aromatic rings. The third kappa shape index (κ3) is 3.29. The number of carbonyl (C=O) groups excluding carboxylic acids is 1. The lowest BCUT2D eigenvalue weighted by atomic mass is 9.55. The van der Waals surface area contributed by atoms with Crippen molar-refractivity contribution in [3.05, 3.63) is 65.7 Å². The van der Waals surface area contributed by atoms with Gasteiger partial charge in [-0.25, -0.2) is 0 Å². The van der Waals surface area contributed by atoms with E-state index in [0.717, 1.165) is 24.9 Å². The van der Waals surface area contributed by atoms with Crippen LogP contribution in [0.4, 0.5) is 0 Å². The maximum atomic E-state index is 12.7. The number of hydrogen-bond donors (Lipinski definition) is 3. The first-order valence-electron chi connectivity index (χ1n) is 9.98. The molecular weight excluding hydrogens is 352 g/mol. The van der Waals surface area contributed by atoms with E-state index in [1.807, 2.05) is 49.5 Å². The molecule has 3 atom stereocenters. The van der Waals surface area contributed by atoms with Crippen LogP contribution < -0.4 is 5.32 Å². The Morgan fingerprint density at radius 3 is 2.68 bits per heavy atom. The van der Waals surface area contributed by atoms with Crippen molar-refractivity contribution in [1.82, 2.24) is 10.2 Å². The summed E-state index contributed by atoms with van der Waals surface area (Å²) in [6, 6.07) is 16.5. The van der Waals surface area contributed by atoms with Crippen LogP contribution >= 0.6 is 0 Å². The average molecular weight is 380 g/mol. The summed E-state index contributed by atoms with van der Waals surface area (Å²) in [5.74, 6) is 0.138. The van der Waals surface area contributed by atoms with Gasteiger partial charge in [0.05, 0.1) is 5.60 Å². The van der Waals surface area contributed by atoms with Crippen LogP contribution in [-0.2, 0) is 5.41 Å². The fourth-order valence-electron chi connectivity index (χ4n) is 5.15. The number of aromatic hydroxyl groups is 1. The van der Waals surface area contributed by atoms with Crippen LogP contribution in [0.2, 0.25) is 0 Å². The van der Waals surface area contributed by atoms with Crippen molar-refractivity contribution in [2.24, 2.45) is 0 Å². The number of phenols is 1. The van der Waals surface area contributed by atoms with Gasteiger partial charge in [0.15, 0.2) is 0 Å². The highest BCUT2D eigenvalue weighted by atomic mass is 16.3. The monoisotopic (exact) mass is 380 g/mol. The summed E-state index contributed by atoms with van der Waals surface area (Å²) in [6.07, 6.45) is 2.82. The molecule has 28 heavy (non-hydrogen) atoms. The van der Waals surface area contributed by atoms with Crippen LogP contribution in [0.15, 0.2) is 54.6 Å². The van der Waals surface area contributed by atoms with E-state index in [1.54, 1.807) is 12.1 Å². The summed E-state index contributed by atoms with van der Waals surface area (Å²) < 4.78 is 0. The van der Waals surface area contributed by atoms with Gasteiger partial charge in [-0.2, -0.15) is 0 Å². The van der Waals surface area contributed by atoms with Crippen molar-refractivity contribution in [2.45, 2.75) is 42.7 Å². The minimum atomic E-state index is -0.873. The summed E-state index contributed by atoms with van der Waals surface area (Å²) in [5.41, 5.74) is 0.257. The van der Waals surface area contributed by atoms with Crippen LogP contribution in [0.5, 0.6) is 5.75 Å². The Morgan fingerprint density at radius 1 is 1.14 bits per heavy atom. The Morgan fingerprint density at radius 2 is 1.93 bits per heavy atom. The maximum Gasteiger partial charge on any atom is 0.251 e. The number of carbonyl (C=O) groups is 1. The molecule has 5 nitrogen and oxygen atoms in total. The SMILES string of the molecule is CN1CCC2(c3cccc(O)c3)C[C@@H](NC(=O)c3ccccc3)CCC2(O)C1. The minimum absolute atomic E-state index is 0.0151. The van der Waals surface area contributed by atoms with Gasteiger partial charge in [-0.15, -0.1) is 0 Å². The summed E-state index contributed by atoms with van der Waals surface area (Å²) >= 11 is 0. The third-order valence-electron chi connectivity index (χ3n) is 6.61. The largest absolute Gasteiger partial charge is 0.508 e. The van der Waals surface area contributed by atoms with Gasteiger partial charge in [0, 0.05) is 23.6 Å². The van der Waals surface area contributed by atoms with Crippen LogP contribution in [0.25, 0.3) is 0 Å². The van der Waals surface area contributed by atoms with E-state index in [4.69, 9.17) is 0 Å². The molecule has 148 valence electrons. The lowest BCUT2D eigenvalue weighted by Crippen LogP contribution is -2.66. The quantitative estimate of drug-likeness (QED) is 0.766. The van der Waals surface area contributed by atoms with Gasteiger partial charge in [0.25, 0.3) is 5.91 Å². The van der Waals surface area contributed by atoms with Crippen LogP contribution in [-0.4, -0.2) is 52.8 Å². The highest BCUT2D eigenvalue weighted by molar-refractivity contribution is 5.94. The zero-order chi connectivity index (χ0) is 19.8. The standard InChI is InChI=1S/C23H28N2O3/c1-25-13-12-22(18-8-5-9-20(26)14-18)15-19(10-11-23(22,28)16-25)24-21(27)17-6-3-2-4-7-17/h2-9,14,19,26,28H,10-13,15-16H2,1H3,(H,24,27)/t19-,22?,23?/m0/s1. The van der Waals surface area contributed by atoms with E-state index >= 15 is 0 Å². The van der Waals surface area contributed by atoms with E-state index in [0.29, 0.717) is 24.9 Å². The van der Waals surface area contributed by atoms with E-state index in [1.165, 1.54) is 0 Å². The number of nitrogens with one attached hydrogen (secondary N) is 1. The predicted octanol–water partition coefficient (Wildman–Crippen LogP) is 2.68. The zero-order valence-corrected chi connectivity index (χ0v) is 16.3. The normalized spacial score (nSPS) is 30.4. The molecule has 4 rings (SSSR count). The maximum absolute atomic E-state index is 12.7. The van der Waals surface area contributed by atoms with Gasteiger partial charge in [0.1, 0.15) is 5.75 Å². The number of hydrogen-bond acceptors (Lipinski definition) is 4. The lowest BCUT2D eigenvalue weighted by molar-refractivity contribution is -0.121. The fourth-order valence-corrected chi connectivity index (χ4v) is 5.15. The second kappa shape index (κ2) is 7.22. The van der Waals surface area contributed by atoms with Crippen molar-refractivity contribution in [2.75, 3.05) is 20.1 Å². The molecule has 0 aromatic heterocycles.